The molecule has 0 amide bonds. The quantitative estimate of drug-likeness (QED) is 0.452. The summed E-state index contributed by atoms with van der Waals surface area (Å²) in [6, 6.07) is 0. The molecule has 0 aromatic heterocycles. The standard InChI is InChI=1S/C15H24O/c1-13(2)7-5-8-14(3)9-6-10-15(4)11-12-16/h7,9-10,12H,5-6,8,11H2,1-4H3/b14-9?,15-10+. The number of allylic oxidation sites excluding steroid dienone is 6. The van der Waals surface area contributed by atoms with Gasteiger partial charge in [-0.25, -0.2) is 0 Å². The van der Waals surface area contributed by atoms with Crippen LogP contribution in [0, 0.1) is 0 Å². The summed E-state index contributed by atoms with van der Waals surface area (Å²) in [5, 5.41) is 0. The van der Waals surface area contributed by atoms with Crippen LogP contribution >= 0.6 is 0 Å². The van der Waals surface area contributed by atoms with E-state index in [0.717, 1.165) is 31.1 Å². The number of hydrogen-bond acceptors (Lipinski definition) is 1. The van der Waals surface area contributed by atoms with Crippen molar-refractivity contribution in [2.45, 2.75) is 53.4 Å². The van der Waals surface area contributed by atoms with Crippen molar-refractivity contribution in [2.75, 3.05) is 0 Å². The van der Waals surface area contributed by atoms with Crippen molar-refractivity contribution < 1.29 is 4.79 Å². The van der Waals surface area contributed by atoms with E-state index < -0.39 is 0 Å². The zero-order chi connectivity index (χ0) is 12.4. The number of aldehydes is 1. The second-order valence-corrected chi connectivity index (χ2v) is 4.53. The molecule has 0 saturated carbocycles. The summed E-state index contributed by atoms with van der Waals surface area (Å²) in [4.78, 5) is 10.3. The fraction of sp³-hybridized carbons (Fsp3) is 0.533. The summed E-state index contributed by atoms with van der Waals surface area (Å²) in [6.45, 7) is 8.43. The van der Waals surface area contributed by atoms with Crippen LogP contribution in [0.25, 0.3) is 0 Å². The van der Waals surface area contributed by atoms with Gasteiger partial charge in [0.05, 0.1) is 0 Å². The first-order valence-corrected chi connectivity index (χ1v) is 5.94. The lowest BCUT2D eigenvalue weighted by Crippen LogP contribution is -1.79. The molecule has 0 bridgehead atoms. The lowest BCUT2D eigenvalue weighted by atomic mass is 10.1. The molecule has 0 rings (SSSR count). The molecule has 0 aromatic rings. The van der Waals surface area contributed by atoms with Gasteiger partial charge in [0.25, 0.3) is 0 Å². The summed E-state index contributed by atoms with van der Waals surface area (Å²) in [5.41, 5.74) is 3.96. The summed E-state index contributed by atoms with van der Waals surface area (Å²) in [7, 11) is 0. The largest absolute Gasteiger partial charge is 0.303 e. The van der Waals surface area contributed by atoms with E-state index in [-0.39, 0.29) is 0 Å². The van der Waals surface area contributed by atoms with E-state index in [1.54, 1.807) is 0 Å². The maximum atomic E-state index is 10.3. The second-order valence-electron chi connectivity index (χ2n) is 4.53. The fourth-order valence-electron chi connectivity index (χ4n) is 1.37. The van der Waals surface area contributed by atoms with Gasteiger partial charge >= 0.3 is 0 Å². The molecule has 0 fully saturated rings. The molecule has 0 spiro atoms. The molecule has 0 aliphatic heterocycles. The van der Waals surface area contributed by atoms with Gasteiger partial charge in [0.15, 0.2) is 0 Å². The summed E-state index contributed by atoms with van der Waals surface area (Å²) < 4.78 is 0. The third kappa shape index (κ3) is 9.45. The van der Waals surface area contributed by atoms with Crippen LogP contribution < -0.4 is 0 Å². The van der Waals surface area contributed by atoms with Gasteiger partial charge in [-0.15, -0.1) is 0 Å². The molecular formula is C15H24O. The summed E-state index contributed by atoms with van der Waals surface area (Å²) in [6.07, 6.45) is 11.4. The topological polar surface area (TPSA) is 17.1 Å². The normalized spacial score (nSPS) is 12.5. The van der Waals surface area contributed by atoms with Crippen molar-refractivity contribution in [3.05, 3.63) is 34.9 Å². The molecule has 1 nitrogen and oxygen atoms in total. The third-order valence-corrected chi connectivity index (χ3v) is 2.43. The Morgan fingerprint density at radius 1 is 0.938 bits per heavy atom. The predicted octanol–water partition coefficient (Wildman–Crippen LogP) is 4.60. The van der Waals surface area contributed by atoms with Crippen LogP contribution in [0.5, 0.6) is 0 Å². The maximum Gasteiger partial charge on any atom is 0.124 e. The molecule has 90 valence electrons. The molecule has 0 unspecified atom stereocenters. The first-order chi connectivity index (χ1) is 7.56. The van der Waals surface area contributed by atoms with Gasteiger partial charge in [-0.05, 0) is 47.0 Å². The van der Waals surface area contributed by atoms with Gasteiger partial charge in [0.1, 0.15) is 6.29 Å². The number of hydrogen-bond donors (Lipinski definition) is 0. The monoisotopic (exact) mass is 220 g/mol. The average molecular weight is 220 g/mol. The Hall–Kier alpha value is -1.11. The Bertz CT molecular complexity index is 289. The van der Waals surface area contributed by atoms with E-state index in [9.17, 15) is 4.79 Å². The van der Waals surface area contributed by atoms with Gasteiger partial charge in [-0.2, -0.15) is 0 Å². The van der Waals surface area contributed by atoms with Gasteiger partial charge in [-0.3, -0.25) is 0 Å². The lowest BCUT2D eigenvalue weighted by molar-refractivity contribution is -0.107. The molecule has 1 heteroatoms. The molecule has 0 heterocycles. The van der Waals surface area contributed by atoms with E-state index in [1.165, 1.54) is 11.1 Å². The minimum Gasteiger partial charge on any atom is -0.303 e. The molecule has 0 aliphatic rings. The molecule has 0 aromatic carbocycles. The molecule has 0 aliphatic carbocycles. The molecule has 0 radical (unpaired) electrons. The number of carbonyl (C=O) groups excluding carboxylic acids is 1. The van der Waals surface area contributed by atoms with Gasteiger partial charge in [0.2, 0.25) is 0 Å². The minimum absolute atomic E-state index is 0.560. The van der Waals surface area contributed by atoms with E-state index in [0.29, 0.717) is 6.42 Å². The van der Waals surface area contributed by atoms with Gasteiger partial charge in [-0.1, -0.05) is 34.9 Å². The zero-order valence-corrected chi connectivity index (χ0v) is 11.0. The zero-order valence-electron chi connectivity index (χ0n) is 11.0. The van der Waals surface area contributed by atoms with Crippen LogP contribution in [0.1, 0.15) is 53.4 Å². The van der Waals surface area contributed by atoms with Gasteiger partial charge in [0, 0.05) is 6.42 Å². The molecular weight excluding hydrogens is 196 g/mol. The SMILES string of the molecule is CC(C)=CCCC(C)=CC/C=C(\C)CC=O. The molecule has 0 atom stereocenters. The minimum atomic E-state index is 0.560. The number of carbonyl (C=O) groups is 1. The molecule has 16 heavy (non-hydrogen) atoms. The van der Waals surface area contributed by atoms with Crippen molar-refractivity contribution >= 4 is 6.29 Å². The Balaban J connectivity index is 3.91. The highest BCUT2D eigenvalue weighted by molar-refractivity contribution is 5.53. The van der Waals surface area contributed by atoms with Crippen molar-refractivity contribution in [1.29, 1.82) is 0 Å². The van der Waals surface area contributed by atoms with Crippen LogP contribution in [0.4, 0.5) is 0 Å². The van der Waals surface area contributed by atoms with Crippen molar-refractivity contribution in [3.8, 4) is 0 Å². The Morgan fingerprint density at radius 3 is 2.12 bits per heavy atom. The fourth-order valence-corrected chi connectivity index (χ4v) is 1.37. The van der Waals surface area contributed by atoms with E-state index in [4.69, 9.17) is 0 Å². The van der Waals surface area contributed by atoms with Crippen molar-refractivity contribution in [3.63, 3.8) is 0 Å². The molecule has 0 saturated heterocycles. The van der Waals surface area contributed by atoms with Crippen LogP contribution in [0.15, 0.2) is 34.9 Å². The van der Waals surface area contributed by atoms with E-state index >= 15 is 0 Å². The molecule has 0 N–H and O–H groups in total. The van der Waals surface area contributed by atoms with Crippen molar-refractivity contribution in [1.82, 2.24) is 0 Å². The smallest absolute Gasteiger partial charge is 0.124 e. The van der Waals surface area contributed by atoms with E-state index in [2.05, 4.69) is 39.0 Å². The Labute approximate surface area is 99.9 Å². The predicted molar refractivity (Wildman–Crippen MR) is 71.5 cm³/mol. The van der Waals surface area contributed by atoms with Crippen molar-refractivity contribution in [2.24, 2.45) is 0 Å². The number of rotatable bonds is 7. The second kappa shape index (κ2) is 9.14. The first kappa shape index (κ1) is 14.9. The third-order valence-electron chi connectivity index (χ3n) is 2.43. The van der Waals surface area contributed by atoms with Gasteiger partial charge < -0.3 is 4.79 Å². The highest BCUT2D eigenvalue weighted by Gasteiger charge is 1.89. The summed E-state index contributed by atoms with van der Waals surface area (Å²) in [5.74, 6) is 0. The highest BCUT2D eigenvalue weighted by atomic mass is 16.1. The van der Waals surface area contributed by atoms with Crippen LogP contribution in [0.3, 0.4) is 0 Å². The van der Waals surface area contributed by atoms with Crippen LogP contribution in [0.2, 0.25) is 0 Å². The lowest BCUT2D eigenvalue weighted by Gasteiger charge is -1.98. The van der Waals surface area contributed by atoms with E-state index in [1.807, 2.05) is 6.92 Å². The first-order valence-electron chi connectivity index (χ1n) is 5.94. The van der Waals surface area contributed by atoms with Crippen LogP contribution in [-0.2, 0) is 4.79 Å². The summed E-state index contributed by atoms with van der Waals surface area (Å²) >= 11 is 0. The highest BCUT2D eigenvalue weighted by Crippen LogP contribution is 2.09. The maximum absolute atomic E-state index is 10.3. The Kier molecular flexibility index (Phi) is 8.51. The Morgan fingerprint density at radius 2 is 1.56 bits per heavy atom. The van der Waals surface area contributed by atoms with Crippen LogP contribution in [-0.4, -0.2) is 6.29 Å². The average Bonchev–Trinajstić information content (AvgIpc) is 2.17.